The van der Waals surface area contributed by atoms with Crippen molar-refractivity contribution >= 4 is 62.3 Å². The lowest BCUT2D eigenvalue weighted by molar-refractivity contribution is 0.222. The third-order valence-electron chi connectivity index (χ3n) is 3.39. The Bertz CT molecular complexity index is 725. The molecule has 0 saturated carbocycles. The highest BCUT2D eigenvalue weighted by atomic mass is 127. The van der Waals surface area contributed by atoms with E-state index in [-0.39, 0.29) is 30.1 Å². The molecule has 2 aromatic rings. The average molecular weight is 568 g/mol. The van der Waals surface area contributed by atoms with Crippen LogP contribution in [0.3, 0.4) is 0 Å². The van der Waals surface area contributed by atoms with Crippen molar-refractivity contribution in [1.82, 2.24) is 15.6 Å². The van der Waals surface area contributed by atoms with Crippen molar-refractivity contribution in [2.24, 2.45) is 4.99 Å². The topological polar surface area (TPSA) is 61.8 Å². The number of halogens is 2. The molecule has 0 aliphatic rings. The number of hydrogen-bond acceptors (Lipinski definition) is 5. The number of rotatable bonds is 8. The number of hydrogen-bond donors (Lipinski definition) is 2. The average Bonchev–Trinajstić information content (AvgIpc) is 3.09. The lowest BCUT2D eigenvalue weighted by Crippen LogP contribution is -2.41. The zero-order chi connectivity index (χ0) is 18.9. The third-order valence-corrected chi connectivity index (χ3v) is 5.10. The van der Waals surface area contributed by atoms with Crippen molar-refractivity contribution in [3.8, 4) is 5.75 Å². The van der Waals surface area contributed by atoms with E-state index in [1.807, 2.05) is 62.5 Å². The minimum absolute atomic E-state index is 0. The number of nitrogens with zero attached hydrogens (tertiary/aromatic N) is 3. The molecule has 2 rings (SSSR count). The monoisotopic (exact) mass is 567 g/mol. The van der Waals surface area contributed by atoms with Gasteiger partial charge in [-0.25, -0.2) is 9.98 Å². The van der Waals surface area contributed by atoms with Gasteiger partial charge in [0.2, 0.25) is 0 Å². The smallest absolute Gasteiger partial charge is 0.191 e. The van der Waals surface area contributed by atoms with Gasteiger partial charge in [0.15, 0.2) is 11.1 Å². The second kappa shape index (κ2) is 12.4. The Morgan fingerprint density at radius 2 is 2.07 bits per heavy atom. The van der Waals surface area contributed by atoms with Gasteiger partial charge in [-0.1, -0.05) is 12.1 Å². The molecule has 1 unspecified atom stereocenters. The zero-order valence-corrected chi connectivity index (χ0v) is 20.8. The van der Waals surface area contributed by atoms with Gasteiger partial charge in [-0.2, -0.15) is 0 Å². The first-order valence-corrected chi connectivity index (χ1v) is 10.2. The molecule has 2 N–H and O–H groups in total. The van der Waals surface area contributed by atoms with Crippen molar-refractivity contribution in [3.63, 3.8) is 0 Å². The van der Waals surface area contributed by atoms with Crippen LogP contribution in [0.2, 0.25) is 0 Å². The Morgan fingerprint density at radius 3 is 2.70 bits per heavy atom. The molecule has 1 aromatic heterocycles. The van der Waals surface area contributed by atoms with Crippen molar-refractivity contribution in [2.75, 3.05) is 32.1 Å². The van der Waals surface area contributed by atoms with E-state index in [2.05, 4.69) is 36.5 Å². The molecule has 6 nitrogen and oxygen atoms in total. The van der Waals surface area contributed by atoms with Crippen molar-refractivity contribution in [1.29, 1.82) is 0 Å². The fourth-order valence-corrected chi connectivity index (χ4v) is 3.24. The van der Waals surface area contributed by atoms with Gasteiger partial charge in [-0.15, -0.1) is 35.3 Å². The molecule has 150 valence electrons. The summed E-state index contributed by atoms with van der Waals surface area (Å²) in [5, 5.41) is 9.61. The minimum Gasteiger partial charge on any atom is -0.488 e. The van der Waals surface area contributed by atoms with Crippen LogP contribution in [0, 0.1) is 0 Å². The van der Waals surface area contributed by atoms with Crippen LogP contribution < -0.4 is 20.3 Å². The quantitative estimate of drug-likeness (QED) is 0.285. The van der Waals surface area contributed by atoms with Crippen LogP contribution in [0.15, 0.2) is 39.1 Å². The summed E-state index contributed by atoms with van der Waals surface area (Å²) in [6.45, 7) is 6.06. The molecule has 0 bridgehead atoms. The number of guanidine groups is 1. The first kappa shape index (κ1) is 24.0. The molecule has 1 atom stereocenters. The second-order valence-electron chi connectivity index (χ2n) is 5.95. The third kappa shape index (κ3) is 8.22. The summed E-state index contributed by atoms with van der Waals surface area (Å²) < 4.78 is 6.91. The lowest BCUT2D eigenvalue weighted by atomic mass is 10.3. The van der Waals surface area contributed by atoms with Gasteiger partial charge in [0.1, 0.15) is 11.9 Å². The summed E-state index contributed by atoms with van der Waals surface area (Å²) in [6.07, 6.45) is -0.00262. The van der Waals surface area contributed by atoms with E-state index >= 15 is 0 Å². The number of aliphatic imine (C=N–C) groups is 1. The zero-order valence-electron chi connectivity index (χ0n) is 16.0. The first-order chi connectivity index (χ1) is 12.5. The van der Waals surface area contributed by atoms with Gasteiger partial charge in [0.05, 0.1) is 23.3 Å². The van der Waals surface area contributed by atoms with E-state index in [4.69, 9.17) is 4.74 Å². The Morgan fingerprint density at radius 1 is 1.33 bits per heavy atom. The van der Waals surface area contributed by atoms with Crippen LogP contribution in [0.1, 0.15) is 19.5 Å². The highest BCUT2D eigenvalue weighted by Gasteiger charge is 2.08. The van der Waals surface area contributed by atoms with Crippen LogP contribution in [-0.2, 0) is 6.54 Å². The highest BCUT2D eigenvalue weighted by molar-refractivity contribution is 14.0. The number of benzene rings is 1. The maximum absolute atomic E-state index is 5.96. The Labute approximate surface area is 191 Å². The minimum atomic E-state index is -0.00262. The van der Waals surface area contributed by atoms with E-state index < -0.39 is 0 Å². The second-order valence-corrected chi connectivity index (χ2v) is 7.64. The number of aromatic nitrogens is 1. The summed E-state index contributed by atoms with van der Waals surface area (Å²) in [5.41, 5.74) is 0.966. The highest BCUT2D eigenvalue weighted by Crippen LogP contribution is 2.24. The van der Waals surface area contributed by atoms with Gasteiger partial charge in [-0.3, -0.25) is 0 Å². The standard InChI is InChI=1S/C18H26BrN5OS.HI/c1-5-20-17(22-11-14-12-26-18(23-14)24(3)4)21-10-13(2)25-16-9-7-6-8-15(16)19;/h6-9,12-13H,5,10-11H2,1-4H3,(H2,20,21,22);1H. The molecule has 1 heterocycles. The summed E-state index contributed by atoms with van der Waals surface area (Å²) in [6, 6.07) is 7.85. The lowest BCUT2D eigenvalue weighted by Gasteiger charge is -2.18. The molecule has 0 amide bonds. The number of ether oxygens (including phenoxy) is 1. The summed E-state index contributed by atoms with van der Waals surface area (Å²) in [5.74, 6) is 1.59. The molecule has 0 radical (unpaired) electrons. The SMILES string of the molecule is CCNC(=NCc1csc(N(C)C)n1)NCC(C)Oc1ccccc1Br.I. The summed E-state index contributed by atoms with van der Waals surface area (Å²) in [4.78, 5) is 11.2. The number of nitrogens with one attached hydrogen (secondary N) is 2. The first-order valence-electron chi connectivity index (χ1n) is 8.54. The van der Waals surface area contributed by atoms with Crippen LogP contribution in [-0.4, -0.2) is 44.2 Å². The van der Waals surface area contributed by atoms with E-state index in [0.29, 0.717) is 13.1 Å². The fourth-order valence-electron chi connectivity index (χ4n) is 2.12. The molecule has 0 aliphatic heterocycles. The maximum atomic E-state index is 5.96. The van der Waals surface area contributed by atoms with Crippen LogP contribution in [0.4, 0.5) is 5.13 Å². The Kier molecular flexibility index (Phi) is 11.0. The van der Waals surface area contributed by atoms with Gasteiger partial charge in [0, 0.05) is 26.0 Å². The van der Waals surface area contributed by atoms with E-state index in [1.165, 1.54) is 0 Å². The van der Waals surface area contributed by atoms with Gasteiger partial charge < -0.3 is 20.3 Å². The van der Waals surface area contributed by atoms with Crippen molar-refractivity contribution < 1.29 is 4.74 Å². The Hall–Kier alpha value is -1.07. The van der Waals surface area contributed by atoms with Gasteiger partial charge >= 0.3 is 0 Å². The normalized spacial score (nSPS) is 12.1. The van der Waals surface area contributed by atoms with Crippen LogP contribution in [0.5, 0.6) is 5.75 Å². The number of thiazole rings is 1. The van der Waals surface area contributed by atoms with Crippen LogP contribution >= 0.6 is 51.2 Å². The molecule has 9 heteroatoms. The maximum Gasteiger partial charge on any atom is 0.191 e. The molecule has 0 spiro atoms. The van der Waals surface area contributed by atoms with E-state index in [0.717, 1.165) is 33.6 Å². The number of para-hydroxylation sites is 1. The van der Waals surface area contributed by atoms with E-state index in [1.54, 1.807) is 11.3 Å². The van der Waals surface area contributed by atoms with Gasteiger partial charge in [0.25, 0.3) is 0 Å². The predicted molar refractivity (Wildman–Crippen MR) is 129 cm³/mol. The van der Waals surface area contributed by atoms with E-state index in [9.17, 15) is 0 Å². The van der Waals surface area contributed by atoms with Crippen LogP contribution in [0.25, 0.3) is 0 Å². The largest absolute Gasteiger partial charge is 0.488 e. The van der Waals surface area contributed by atoms with Crippen molar-refractivity contribution in [3.05, 3.63) is 39.8 Å². The summed E-state index contributed by atoms with van der Waals surface area (Å²) in [7, 11) is 3.98. The number of anilines is 1. The molecule has 1 aromatic carbocycles. The van der Waals surface area contributed by atoms with Gasteiger partial charge in [-0.05, 0) is 41.9 Å². The Balaban J connectivity index is 0.00000364. The molecular weight excluding hydrogens is 541 g/mol. The van der Waals surface area contributed by atoms with Crippen molar-refractivity contribution in [2.45, 2.75) is 26.5 Å². The summed E-state index contributed by atoms with van der Waals surface area (Å²) >= 11 is 5.13. The molecule has 0 fully saturated rings. The molecule has 0 aliphatic carbocycles. The molecule has 27 heavy (non-hydrogen) atoms. The fraction of sp³-hybridized carbons (Fsp3) is 0.444. The predicted octanol–water partition coefficient (Wildman–Crippen LogP) is 4.11. The molecule has 0 saturated heterocycles. The molecular formula is C18H27BrIN5OS.